The second-order valence-corrected chi connectivity index (χ2v) is 4.71. The third-order valence-electron chi connectivity index (χ3n) is 2.36. The Balaban J connectivity index is 2.10. The van der Waals surface area contributed by atoms with Crippen LogP contribution in [0.4, 0.5) is 0 Å². The molecular weight excluding hydrogens is 248 g/mol. The van der Waals surface area contributed by atoms with Crippen molar-refractivity contribution in [1.29, 1.82) is 0 Å². The number of ether oxygens (including phenoxy) is 1. The molecule has 0 unspecified atom stereocenters. The Hall–Kier alpha value is -1.94. The SMILES string of the molecule is CC(=O)OCc1csc(C(=O)c2ccccc2)c1. The van der Waals surface area contributed by atoms with Gasteiger partial charge in [0.05, 0.1) is 4.88 Å². The minimum Gasteiger partial charge on any atom is -0.461 e. The molecule has 0 atom stereocenters. The number of carbonyl (C=O) groups is 2. The van der Waals surface area contributed by atoms with E-state index in [0.29, 0.717) is 10.4 Å². The fourth-order valence-corrected chi connectivity index (χ4v) is 2.35. The lowest BCUT2D eigenvalue weighted by atomic mass is 10.1. The van der Waals surface area contributed by atoms with Gasteiger partial charge in [-0.2, -0.15) is 0 Å². The molecule has 1 aromatic carbocycles. The van der Waals surface area contributed by atoms with Crippen LogP contribution >= 0.6 is 11.3 Å². The first-order valence-electron chi connectivity index (χ1n) is 5.47. The summed E-state index contributed by atoms with van der Waals surface area (Å²) in [6, 6.07) is 10.9. The Kier molecular flexibility index (Phi) is 3.89. The molecule has 92 valence electrons. The zero-order chi connectivity index (χ0) is 13.0. The van der Waals surface area contributed by atoms with Crippen molar-refractivity contribution in [2.24, 2.45) is 0 Å². The lowest BCUT2D eigenvalue weighted by Gasteiger charge is -1.98. The van der Waals surface area contributed by atoms with Crippen LogP contribution in [0.2, 0.25) is 0 Å². The molecule has 1 heterocycles. The summed E-state index contributed by atoms with van der Waals surface area (Å²) in [6.07, 6.45) is 0. The molecular formula is C14H12O3S. The number of carbonyl (C=O) groups excluding carboxylic acids is 2. The maximum absolute atomic E-state index is 12.1. The van der Waals surface area contributed by atoms with Gasteiger partial charge >= 0.3 is 5.97 Å². The third kappa shape index (κ3) is 3.05. The van der Waals surface area contributed by atoms with E-state index in [0.717, 1.165) is 5.56 Å². The minimum absolute atomic E-state index is 0.00493. The predicted octanol–water partition coefficient (Wildman–Crippen LogP) is 3.04. The van der Waals surface area contributed by atoms with Crippen LogP contribution in [0.25, 0.3) is 0 Å². The van der Waals surface area contributed by atoms with Gasteiger partial charge < -0.3 is 4.74 Å². The van der Waals surface area contributed by atoms with E-state index >= 15 is 0 Å². The van der Waals surface area contributed by atoms with E-state index < -0.39 is 0 Å². The van der Waals surface area contributed by atoms with Crippen LogP contribution in [0.1, 0.15) is 27.7 Å². The van der Waals surface area contributed by atoms with Crippen LogP contribution in [0.3, 0.4) is 0 Å². The number of hydrogen-bond acceptors (Lipinski definition) is 4. The van der Waals surface area contributed by atoms with Gasteiger partial charge in [-0.1, -0.05) is 30.3 Å². The van der Waals surface area contributed by atoms with Crippen molar-refractivity contribution < 1.29 is 14.3 Å². The first-order chi connectivity index (χ1) is 8.66. The van der Waals surface area contributed by atoms with E-state index in [1.807, 2.05) is 23.6 Å². The van der Waals surface area contributed by atoms with Crippen molar-refractivity contribution in [2.45, 2.75) is 13.5 Å². The second-order valence-electron chi connectivity index (χ2n) is 3.79. The number of hydrogen-bond donors (Lipinski definition) is 0. The van der Waals surface area contributed by atoms with Crippen molar-refractivity contribution >= 4 is 23.1 Å². The molecule has 0 radical (unpaired) electrons. The van der Waals surface area contributed by atoms with Gasteiger partial charge in [-0.25, -0.2) is 0 Å². The zero-order valence-electron chi connectivity index (χ0n) is 9.88. The van der Waals surface area contributed by atoms with Gasteiger partial charge in [0.15, 0.2) is 0 Å². The maximum atomic E-state index is 12.1. The Morgan fingerprint density at radius 3 is 2.61 bits per heavy atom. The first-order valence-corrected chi connectivity index (χ1v) is 6.35. The summed E-state index contributed by atoms with van der Waals surface area (Å²) >= 11 is 1.36. The molecule has 2 rings (SSSR count). The average Bonchev–Trinajstić information content (AvgIpc) is 2.85. The van der Waals surface area contributed by atoms with Gasteiger partial charge in [0.25, 0.3) is 0 Å². The monoisotopic (exact) mass is 260 g/mol. The number of thiophene rings is 1. The average molecular weight is 260 g/mol. The van der Waals surface area contributed by atoms with Gasteiger partial charge in [-0.15, -0.1) is 11.3 Å². The Morgan fingerprint density at radius 1 is 1.22 bits per heavy atom. The van der Waals surface area contributed by atoms with E-state index in [1.54, 1.807) is 18.2 Å². The van der Waals surface area contributed by atoms with Crippen LogP contribution in [0.5, 0.6) is 0 Å². The highest BCUT2D eigenvalue weighted by Crippen LogP contribution is 2.19. The quantitative estimate of drug-likeness (QED) is 0.627. The Labute approximate surface area is 109 Å². The third-order valence-corrected chi connectivity index (χ3v) is 3.33. The fraction of sp³-hybridized carbons (Fsp3) is 0.143. The van der Waals surface area contributed by atoms with Crippen LogP contribution in [0, 0.1) is 0 Å². The molecule has 0 saturated carbocycles. The standard InChI is InChI=1S/C14H12O3S/c1-10(15)17-8-11-7-13(18-9-11)14(16)12-5-3-2-4-6-12/h2-7,9H,8H2,1H3. The molecule has 3 nitrogen and oxygen atoms in total. The van der Waals surface area contributed by atoms with E-state index in [9.17, 15) is 9.59 Å². The second kappa shape index (κ2) is 5.60. The van der Waals surface area contributed by atoms with Crippen LogP contribution in [-0.2, 0) is 16.1 Å². The van der Waals surface area contributed by atoms with Crippen molar-refractivity contribution in [3.63, 3.8) is 0 Å². The van der Waals surface area contributed by atoms with E-state index in [-0.39, 0.29) is 18.4 Å². The summed E-state index contributed by atoms with van der Waals surface area (Å²) in [7, 11) is 0. The molecule has 0 bridgehead atoms. The molecule has 0 aliphatic heterocycles. The summed E-state index contributed by atoms with van der Waals surface area (Å²) in [5, 5.41) is 1.83. The van der Waals surface area contributed by atoms with Gasteiger partial charge in [-0.05, 0) is 11.4 Å². The van der Waals surface area contributed by atoms with Crippen molar-refractivity contribution in [2.75, 3.05) is 0 Å². The Morgan fingerprint density at radius 2 is 1.94 bits per heavy atom. The highest BCUT2D eigenvalue weighted by molar-refractivity contribution is 7.12. The minimum atomic E-state index is -0.322. The number of rotatable bonds is 4. The van der Waals surface area contributed by atoms with Gasteiger partial charge in [0, 0.05) is 18.1 Å². The summed E-state index contributed by atoms with van der Waals surface area (Å²) in [6.45, 7) is 1.58. The Bertz CT molecular complexity index is 557. The smallest absolute Gasteiger partial charge is 0.302 e. The molecule has 0 fully saturated rings. The highest BCUT2D eigenvalue weighted by Gasteiger charge is 2.11. The van der Waals surface area contributed by atoms with Crippen molar-refractivity contribution in [3.05, 3.63) is 57.8 Å². The topological polar surface area (TPSA) is 43.4 Å². The molecule has 0 N–H and O–H groups in total. The first kappa shape index (κ1) is 12.5. The molecule has 0 spiro atoms. The zero-order valence-corrected chi connectivity index (χ0v) is 10.7. The molecule has 0 aliphatic rings. The molecule has 0 aliphatic carbocycles. The predicted molar refractivity (Wildman–Crippen MR) is 69.7 cm³/mol. The summed E-state index contributed by atoms with van der Waals surface area (Å²) < 4.78 is 4.88. The van der Waals surface area contributed by atoms with E-state index in [2.05, 4.69) is 0 Å². The van der Waals surface area contributed by atoms with E-state index in [1.165, 1.54) is 18.3 Å². The number of esters is 1. The van der Waals surface area contributed by atoms with Gasteiger partial charge in [-0.3, -0.25) is 9.59 Å². The lowest BCUT2D eigenvalue weighted by Crippen LogP contribution is -1.99. The molecule has 1 aromatic heterocycles. The van der Waals surface area contributed by atoms with Crippen LogP contribution < -0.4 is 0 Å². The van der Waals surface area contributed by atoms with Crippen molar-refractivity contribution in [3.8, 4) is 0 Å². The molecule has 2 aromatic rings. The fourth-order valence-electron chi connectivity index (χ4n) is 1.49. The summed E-state index contributed by atoms with van der Waals surface area (Å²) in [5.41, 5.74) is 1.51. The van der Waals surface area contributed by atoms with E-state index in [4.69, 9.17) is 4.74 Å². The summed E-state index contributed by atoms with van der Waals surface area (Å²) in [5.74, 6) is -0.327. The maximum Gasteiger partial charge on any atom is 0.302 e. The number of ketones is 1. The normalized spacial score (nSPS) is 10.1. The van der Waals surface area contributed by atoms with Crippen LogP contribution in [0.15, 0.2) is 41.8 Å². The highest BCUT2D eigenvalue weighted by atomic mass is 32.1. The van der Waals surface area contributed by atoms with Crippen LogP contribution in [-0.4, -0.2) is 11.8 Å². The molecule has 4 heteroatoms. The number of benzene rings is 1. The lowest BCUT2D eigenvalue weighted by molar-refractivity contribution is -0.142. The molecule has 0 saturated heterocycles. The summed E-state index contributed by atoms with van der Waals surface area (Å²) in [4.78, 5) is 23.4. The molecule has 18 heavy (non-hydrogen) atoms. The van der Waals surface area contributed by atoms with Gasteiger partial charge in [0.2, 0.25) is 5.78 Å². The molecule has 0 amide bonds. The van der Waals surface area contributed by atoms with Crippen molar-refractivity contribution in [1.82, 2.24) is 0 Å². The van der Waals surface area contributed by atoms with Gasteiger partial charge in [0.1, 0.15) is 6.61 Å². The largest absolute Gasteiger partial charge is 0.461 e.